The van der Waals surface area contributed by atoms with Crippen molar-refractivity contribution in [3.63, 3.8) is 0 Å². The lowest BCUT2D eigenvalue weighted by Crippen LogP contribution is -2.07. The second-order valence-electron chi connectivity index (χ2n) is 3.66. The van der Waals surface area contributed by atoms with E-state index in [9.17, 15) is 0 Å². The van der Waals surface area contributed by atoms with Crippen LogP contribution in [0.1, 0.15) is 18.7 Å². The van der Waals surface area contributed by atoms with Crippen LogP contribution < -0.4 is 0 Å². The van der Waals surface area contributed by atoms with Gasteiger partial charge in [0.25, 0.3) is 0 Å². The van der Waals surface area contributed by atoms with E-state index in [1.54, 1.807) is 24.7 Å². The quantitative estimate of drug-likeness (QED) is 0.842. The van der Waals surface area contributed by atoms with Gasteiger partial charge in [-0.2, -0.15) is 0 Å². The molecule has 17 heavy (non-hydrogen) atoms. The van der Waals surface area contributed by atoms with Crippen molar-refractivity contribution in [2.75, 3.05) is 0 Å². The summed E-state index contributed by atoms with van der Waals surface area (Å²) < 4.78 is 7.57. The van der Waals surface area contributed by atoms with Crippen LogP contribution in [0.2, 0.25) is 10.0 Å². The molecule has 0 radical (unpaired) electrons. The third-order valence-electron chi connectivity index (χ3n) is 2.44. The van der Waals surface area contributed by atoms with Crippen LogP contribution in [0.25, 0.3) is 0 Å². The summed E-state index contributed by atoms with van der Waals surface area (Å²) in [6.45, 7) is 2.39. The lowest BCUT2D eigenvalue weighted by Gasteiger charge is -2.14. The fourth-order valence-corrected chi connectivity index (χ4v) is 1.88. The van der Waals surface area contributed by atoms with Crippen molar-refractivity contribution >= 4 is 23.2 Å². The second kappa shape index (κ2) is 5.54. The molecule has 0 fully saturated rings. The first kappa shape index (κ1) is 12.4. The van der Waals surface area contributed by atoms with E-state index in [0.29, 0.717) is 16.7 Å². The molecule has 0 aliphatic carbocycles. The number of ether oxygens (including phenoxy) is 1. The normalized spacial score (nSPS) is 12.6. The summed E-state index contributed by atoms with van der Waals surface area (Å²) in [4.78, 5) is 3.97. The molecule has 1 unspecified atom stereocenters. The zero-order chi connectivity index (χ0) is 12.3. The highest BCUT2D eigenvalue weighted by atomic mass is 35.5. The van der Waals surface area contributed by atoms with Crippen LogP contribution in [0.3, 0.4) is 0 Å². The smallest absolute Gasteiger partial charge is 0.132 e. The average Bonchev–Trinajstić information content (AvgIpc) is 2.81. The summed E-state index contributed by atoms with van der Waals surface area (Å²) in [5, 5.41) is 1.25. The first-order valence-corrected chi connectivity index (χ1v) is 5.95. The number of aromatic nitrogens is 2. The van der Waals surface area contributed by atoms with Crippen LogP contribution in [0.4, 0.5) is 0 Å². The van der Waals surface area contributed by atoms with Crippen molar-refractivity contribution in [3.05, 3.63) is 52.5 Å². The maximum Gasteiger partial charge on any atom is 0.132 e. The Labute approximate surface area is 110 Å². The molecule has 0 spiro atoms. The number of imidazole rings is 1. The molecular weight excluding hydrogens is 259 g/mol. The summed E-state index contributed by atoms with van der Waals surface area (Å²) in [6.07, 6.45) is 5.21. The van der Waals surface area contributed by atoms with Gasteiger partial charge in [0, 0.05) is 22.4 Å². The Kier molecular flexibility index (Phi) is 4.05. The summed E-state index contributed by atoms with van der Waals surface area (Å²) in [7, 11) is 0. The van der Waals surface area contributed by atoms with Gasteiger partial charge in [0.2, 0.25) is 0 Å². The molecule has 0 amide bonds. The number of benzene rings is 1. The molecule has 1 aromatic carbocycles. The average molecular weight is 271 g/mol. The fraction of sp³-hybridized carbons (Fsp3) is 0.250. The molecule has 0 saturated carbocycles. The number of nitrogens with zero attached hydrogens (tertiary/aromatic N) is 2. The summed E-state index contributed by atoms with van der Waals surface area (Å²) in [5.74, 6) is 0. The maximum atomic E-state index is 6.05. The van der Waals surface area contributed by atoms with E-state index < -0.39 is 0 Å². The maximum absolute atomic E-state index is 6.05. The van der Waals surface area contributed by atoms with E-state index >= 15 is 0 Å². The Hall–Kier alpha value is -1.03. The lowest BCUT2D eigenvalue weighted by molar-refractivity contribution is 0.00404. The molecule has 0 N–H and O–H groups in total. The zero-order valence-electron chi connectivity index (χ0n) is 9.31. The van der Waals surface area contributed by atoms with Crippen molar-refractivity contribution in [1.82, 2.24) is 9.55 Å². The van der Waals surface area contributed by atoms with Gasteiger partial charge in [-0.05, 0) is 24.6 Å². The Morgan fingerprint density at radius 3 is 2.88 bits per heavy atom. The van der Waals surface area contributed by atoms with Gasteiger partial charge < -0.3 is 9.30 Å². The van der Waals surface area contributed by atoms with E-state index in [1.165, 1.54) is 0 Å². The van der Waals surface area contributed by atoms with Crippen LogP contribution >= 0.6 is 23.2 Å². The van der Waals surface area contributed by atoms with E-state index in [1.807, 2.05) is 23.8 Å². The molecule has 0 bridgehead atoms. The highest BCUT2D eigenvalue weighted by Gasteiger charge is 2.06. The van der Waals surface area contributed by atoms with Crippen molar-refractivity contribution < 1.29 is 4.74 Å². The van der Waals surface area contributed by atoms with Gasteiger partial charge in [-0.25, -0.2) is 4.98 Å². The molecule has 90 valence electrons. The number of rotatable bonds is 4. The summed E-state index contributed by atoms with van der Waals surface area (Å²) in [5.41, 5.74) is 0.919. The molecule has 0 saturated heterocycles. The van der Waals surface area contributed by atoms with Crippen molar-refractivity contribution in [2.24, 2.45) is 0 Å². The first-order chi connectivity index (χ1) is 8.16. The Balaban J connectivity index is 1.98. The minimum Gasteiger partial charge on any atom is -0.354 e. The first-order valence-electron chi connectivity index (χ1n) is 5.20. The highest BCUT2D eigenvalue weighted by Crippen LogP contribution is 2.22. The molecule has 2 aromatic rings. The van der Waals surface area contributed by atoms with Gasteiger partial charge in [-0.3, -0.25) is 0 Å². The summed E-state index contributed by atoms with van der Waals surface area (Å²) in [6, 6.07) is 5.38. The Morgan fingerprint density at radius 1 is 1.41 bits per heavy atom. The largest absolute Gasteiger partial charge is 0.354 e. The monoisotopic (exact) mass is 270 g/mol. The van der Waals surface area contributed by atoms with Crippen LogP contribution in [-0.4, -0.2) is 9.55 Å². The van der Waals surface area contributed by atoms with Gasteiger partial charge in [0.15, 0.2) is 0 Å². The SMILES string of the molecule is CC(OCc1ccc(Cl)cc1Cl)n1ccnc1. The second-order valence-corrected chi connectivity index (χ2v) is 4.50. The molecule has 1 atom stereocenters. The molecule has 0 aliphatic heterocycles. The minimum atomic E-state index is -0.0794. The molecular formula is C12H12Cl2N2O. The fourth-order valence-electron chi connectivity index (χ4n) is 1.42. The van der Waals surface area contributed by atoms with Crippen molar-refractivity contribution in [1.29, 1.82) is 0 Å². The van der Waals surface area contributed by atoms with E-state index in [4.69, 9.17) is 27.9 Å². The van der Waals surface area contributed by atoms with Crippen LogP contribution in [-0.2, 0) is 11.3 Å². The molecule has 5 heteroatoms. The Bertz CT molecular complexity index is 485. The summed E-state index contributed by atoms with van der Waals surface area (Å²) >= 11 is 11.9. The van der Waals surface area contributed by atoms with E-state index in [2.05, 4.69) is 4.98 Å². The molecule has 2 rings (SSSR count). The van der Waals surface area contributed by atoms with Gasteiger partial charge >= 0.3 is 0 Å². The molecule has 3 nitrogen and oxygen atoms in total. The number of hydrogen-bond donors (Lipinski definition) is 0. The van der Waals surface area contributed by atoms with Crippen LogP contribution in [0.5, 0.6) is 0 Å². The molecule has 1 aromatic heterocycles. The van der Waals surface area contributed by atoms with Crippen LogP contribution in [0, 0.1) is 0 Å². The number of halogens is 2. The standard InChI is InChI=1S/C12H12Cl2N2O/c1-9(16-5-4-15-8-16)17-7-10-2-3-11(13)6-12(10)14/h2-6,8-9H,7H2,1H3. The van der Waals surface area contributed by atoms with Gasteiger partial charge in [-0.15, -0.1) is 0 Å². The number of hydrogen-bond acceptors (Lipinski definition) is 2. The topological polar surface area (TPSA) is 27.1 Å². The third-order valence-corrected chi connectivity index (χ3v) is 3.03. The molecule has 1 heterocycles. The zero-order valence-corrected chi connectivity index (χ0v) is 10.8. The predicted molar refractivity (Wildman–Crippen MR) is 68.2 cm³/mol. The van der Waals surface area contributed by atoms with Crippen molar-refractivity contribution in [3.8, 4) is 0 Å². The van der Waals surface area contributed by atoms with Crippen molar-refractivity contribution in [2.45, 2.75) is 19.8 Å². The van der Waals surface area contributed by atoms with Gasteiger partial charge in [0.1, 0.15) is 6.23 Å². The highest BCUT2D eigenvalue weighted by molar-refractivity contribution is 6.35. The lowest BCUT2D eigenvalue weighted by atomic mass is 10.2. The van der Waals surface area contributed by atoms with E-state index in [-0.39, 0.29) is 6.23 Å². The van der Waals surface area contributed by atoms with E-state index in [0.717, 1.165) is 5.56 Å². The third kappa shape index (κ3) is 3.22. The van der Waals surface area contributed by atoms with Crippen LogP contribution in [0.15, 0.2) is 36.9 Å². The van der Waals surface area contributed by atoms with Gasteiger partial charge in [0.05, 0.1) is 12.9 Å². The molecule has 0 aliphatic rings. The minimum absolute atomic E-state index is 0.0794. The Morgan fingerprint density at radius 2 is 2.24 bits per heavy atom. The predicted octanol–water partition coefficient (Wildman–Crippen LogP) is 3.93. The van der Waals surface area contributed by atoms with Gasteiger partial charge in [-0.1, -0.05) is 29.3 Å².